The number of hydrogen-bond donors (Lipinski definition) is 1. The molecule has 1 heterocycles. The second kappa shape index (κ2) is 4.78. The van der Waals surface area contributed by atoms with Gasteiger partial charge >= 0.3 is 0 Å². The summed E-state index contributed by atoms with van der Waals surface area (Å²) >= 11 is 0. The van der Waals surface area contributed by atoms with Crippen LogP contribution in [0.25, 0.3) is 0 Å². The lowest BCUT2D eigenvalue weighted by molar-refractivity contribution is 0.715. The molecule has 0 bridgehead atoms. The highest BCUT2D eigenvalue weighted by Crippen LogP contribution is 2.21. The minimum absolute atomic E-state index is 0.885. The molecule has 0 aromatic rings. The first-order chi connectivity index (χ1) is 4.93. The fourth-order valence-electron chi connectivity index (χ4n) is 1.88. The number of rotatable bonds is 3. The molecule has 1 aliphatic rings. The van der Waals surface area contributed by atoms with Crippen molar-refractivity contribution in [3.05, 3.63) is 0 Å². The Kier molecular flexibility index (Phi) is 3.88. The molecule has 10 heavy (non-hydrogen) atoms. The van der Waals surface area contributed by atoms with E-state index in [-0.39, 0.29) is 0 Å². The summed E-state index contributed by atoms with van der Waals surface area (Å²) in [6.07, 6.45) is 9.98. The van der Waals surface area contributed by atoms with Crippen molar-refractivity contribution < 1.29 is 0 Å². The Bertz CT molecular complexity index is 79.3. The van der Waals surface area contributed by atoms with Crippen molar-refractivity contribution in [1.29, 1.82) is 0 Å². The van der Waals surface area contributed by atoms with Gasteiger partial charge in [0.25, 0.3) is 0 Å². The van der Waals surface area contributed by atoms with Crippen LogP contribution in [0.15, 0.2) is 0 Å². The average Bonchev–Trinajstić information content (AvgIpc) is 2.03. The summed E-state index contributed by atoms with van der Waals surface area (Å²) < 4.78 is 0. The molecule has 1 nitrogen and oxygen atoms in total. The predicted molar refractivity (Wildman–Crippen MR) is 47.7 cm³/mol. The predicted octanol–water partition coefficient (Wildman–Crippen LogP) is 2.01. The van der Waals surface area contributed by atoms with Crippen molar-refractivity contribution in [2.75, 3.05) is 6.54 Å². The molecule has 0 radical (unpaired) electrons. The van der Waals surface area contributed by atoms with Crippen LogP contribution in [0.2, 0.25) is 19.0 Å². The highest BCUT2D eigenvalue weighted by Gasteiger charge is 2.15. The third kappa shape index (κ3) is 2.74. The Hall–Kier alpha value is 0.0249. The van der Waals surface area contributed by atoms with Crippen molar-refractivity contribution in [3.8, 4) is 0 Å². The van der Waals surface area contributed by atoms with Crippen LogP contribution >= 0.6 is 0 Å². The van der Waals surface area contributed by atoms with E-state index < -0.39 is 0 Å². The largest absolute Gasteiger partial charge is 0.331 e. The maximum absolute atomic E-state index is 5.45. The van der Waals surface area contributed by atoms with Gasteiger partial charge < -0.3 is 5.73 Å². The highest BCUT2D eigenvalue weighted by atomic mass is 14.5. The van der Waals surface area contributed by atoms with Gasteiger partial charge in [-0.25, -0.2) is 0 Å². The molecule has 2 heteroatoms. The molecule has 2 N–H and O–H groups in total. The lowest BCUT2D eigenvalue weighted by Crippen LogP contribution is -2.17. The Morgan fingerprint density at radius 2 is 1.80 bits per heavy atom. The molecule has 0 aromatic heterocycles. The van der Waals surface area contributed by atoms with Gasteiger partial charge in [-0.3, -0.25) is 0 Å². The SMILES string of the molecule is NCCCB1CCCCC1. The van der Waals surface area contributed by atoms with E-state index in [9.17, 15) is 0 Å². The number of hydrogen-bond acceptors (Lipinski definition) is 1. The third-order valence-electron chi connectivity index (χ3n) is 2.54. The summed E-state index contributed by atoms with van der Waals surface area (Å²) in [5, 5.41) is 0. The molecule has 0 saturated carbocycles. The van der Waals surface area contributed by atoms with Gasteiger partial charge in [-0.1, -0.05) is 38.2 Å². The molecule has 1 fully saturated rings. The molecule has 0 spiro atoms. The quantitative estimate of drug-likeness (QED) is 0.594. The first-order valence-corrected chi connectivity index (χ1v) is 4.63. The molecule has 0 atom stereocenters. The fourth-order valence-corrected chi connectivity index (χ4v) is 1.88. The van der Waals surface area contributed by atoms with Crippen LogP contribution < -0.4 is 5.73 Å². The molecule has 0 amide bonds. The van der Waals surface area contributed by atoms with Crippen LogP contribution in [0.1, 0.15) is 25.7 Å². The smallest absolute Gasteiger partial charge is 0.139 e. The zero-order chi connectivity index (χ0) is 7.23. The van der Waals surface area contributed by atoms with Gasteiger partial charge in [-0.15, -0.1) is 0 Å². The minimum Gasteiger partial charge on any atom is -0.331 e. The minimum atomic E-state index is 0.885. The first-order valence-electron chi connectivity index (χ1n) is 4.63. The van der Waals surface area contributed by atoms with E-state index in [1.54, 1.807) is 0 Å². The fraction of sp³-hybridized carbons (Fsp3) is 1.00. The molecular formula is C8H18BN. The Morgan fingerprint density at radius 1 is 1.10 bits per heavy atom. The maximum atomic E-state index is 5.45. The van der Waals surface area contributed by atoms with E-state index in [4.69, 9.17) is 5.73 Å². The summed E-state index contributed by atoms with van der Waals surface area (Å²) in [6, 6.07) is 0. The topological polar surface area (TPSA) is 26.0 Å². The molecule has 1 saturated heterocycles. The van der Waals surface area contributed by atoms with Gasteiger partial charge in [-0.05, 0) is 13.0 Å². The van der Waals surface area contributed by atoms with E-state index in [1.165, 1.54) is 44.6 Å². The van der Waals surface area contributed by atoms with Gasteiger partial charge in [0.1, 0.15) is 6.71 Å². The molecule has 0 aliphatic carbocycles. The number of nitrogens with two attached hydrogens (primary N) is 1. The van der Waals surface area contributed by atoms with Crippen LogP contribution in [0.3, 0.4) is 0 Å². The normalized spacial score (nSPS) is 19.5. The van der Waals surface area contributed by atoms with Crippen molar-refractivity contribution in [2.45, 2.75) is 44.6 Å². The van der Waals surface area contributed by atoms with E-state index >= 15 is 0 Å². The summed E-state index contributed by atoms with van der Waals surface area (Å²) in [4.78, 5) is 0. The average molecular weight is 139 g/mol. The van der Waals surface area contributed by atoms with Crippen molar-refractivity contribution >= 4 is 6.71 Å². The second-order valence-electron chi connectivity index (χ2n) is 3.43. The molecule has 0 unspecified atom stereocenters. The van der Waals surface area contributed by atoms with Gasteiger partial charge in [0, 0.05) is 0 Å². The second-order valence-corrected chi connectivity index (χ2v) is 3.43. The van der Waals surface area contributed by atoms with Gasteiger partial charge in [-0.2, -0.15) is 0 Å². The summed E-state index contributed by atoms with van der Waals surface area (Å²) in [5.41, 5.74) is 5.45. The molecular weight excluding hydrogens is 121 g/mol. The summed E-state index contributed by atoms with van der Waals surface area (Å²) in [7, 11) is 0. The van der Waals surface area contributed by atoms with E-state index in [0.717, 1.165) is 13.3 Å². The van der Waals surface area contributed by atoms with Crippen molar-refractivity contribution in [3.63, 3.8) is 0 Å². The Labute approximate surface area is 64.5 Å². The van der Waals surface area contributed by atoms with E-state index in [1.807, 2.05) is 0 Å². The van der Waals surface area contributed by atoms with Crippen LogP contribution in [-0.2, 0) is 0 Å². The zero-order valence-electron chi connectivity index (χ0n) is 6.81. The first kappa shape index (κ1) is 8.12. The monoisotopic (exact) mass is 139 g/mol. The van der Waals surface area contributed by atoms with Gasteiger partial charge in [0.2, 0.25) is 0 Å². The Balaban J connectivity index is 2.02. The molecule has 1 rings (SSSR count). The molecule has 58 valence electrons. The lowest BCUT2D eigenvalue weighted by Gasteiger charge is -2.17. The Morgan fingerprint density at radius 3 is 2.40 bits per heavy atom. The highest BCUT2D eigenvalue weighted by molar-refractivity contribution is 6.58. The zero-order valence-corrected chi connectivity index (χ0v) is 6.81. The summed E-state index contributed by atoms with van der Waals surface area (Å²) in [6.45, 7) is 1.91. The third-order valence-corrected chi connectivity index (χ3v) is 2.54. The molecule has 1 aliphatic heterocycles. The lowest BCUT2D eigenvalue weighted by atomic mass is 9.39. The van der Waals surface area contributed by atoms with E-state index in [2.05, 4.69) is 0 Å². The van der Waals surface area contributed by atoms with Crippen LogP contribution in [0.4, 0.5) is 0 Å². The van der Waals surface area contributed by atoms with E-state index in [0.29, 0.717) is 0 Å². The van der Waals surface area contributed by atoms with Crippen molar-refractivity contribution in [1.82, 2.24) is 0 Å². The standard InChI is InChI=1S/C8H18BN/c10-8-4-7-9-5-2-1-3-6-9/h1-8,10H2. The summed E-state index contributed by atoms with van der Waals surface area (Å²) in [5.74, 6) is 0. The molecule has 0 aromatic carbocycles. The van der Waals surface area contributed by atoms with Crippen LogP contribution in [-0.4, -0.2) is 13.3 Å². The van der Waals surface area contributed by atoms with Gasteiger partial charge in [0.15, 0.2) is 0 Å². The van der Waals surface area contributed by atoms with Crippen molar-refractivity contribution in [2.24, 2.45) is 5.73 Å². The van der Waals surface area contributed by atoms with Gasteiger partial charge in [0.05, 0.1) is 0 Å². The van der Waals surface area contributed by atoms with Crippen LogP contribution in [0.5, 0.6) is 0 Å². The van der Waals surface area contributed by atoms with Crippen LogP contribution in [0, 0.1) is 0 Å². The maximum Gasteiger partial charge on any atom is 0.139 e.